The van der Waals surface area contributed by atoms with Crippen LogP contribution in [0.1, 0.15) is 22.5 Å². The van der Waals surface area contributed by atoms with E-state index in [0.29, 0.717) is 31.7 Å². The third-order valence-corrected chi connectivity index (χ3v) is 5.24. The van der Waals surface area contributed by atoms with Crippen molar-refractivity contribution in [1.82, 2.24) is 20.0 Å². The fourth-order valence-corrected chi connectivity index (χ4v) is 3.71. The number of hydrogen-bond acceptors (Lipinski definition) is 5. The molecule has 0 saturated carbocycles. The van der Waals surface area contributed by atoms with Gasteiger partial charge in [0.15, 0.2) is 0 Å². The molecule has 1 fully saturated rings. The van der Waals surface area contributed by atoms with E-state index in [1.807, 2.05) is 41.7 Å². The molecule has 0 aromatic carbocycles. The lowest BCUT2D eigenvalue weighted by molar-refractivity contribution is -0.126. The molecule has 0 bridgehead atoms. The third-order valence-electron chi connectivity index (χ3n) is 4.38. The van der Waals surface area contributed by atoms with E-state index in [9.17, 15) is 9.59 Å². The van der Waals surface area contributed by atoms with Crippen molar-refractivity contribution in [3.8, 4) is 0 Å². The fraction of sp³-hybridized carbons (Fsp3) is 0.438. The van der Waals surface area contributed by atoms with Crippen LogP contribution in [0.25, 0.3) is 0 Å². The van der Waals surface area contributed by atoms with Crippen LogP contribution in [0.5, 0.6) is 0 Å². The first-order valence-electron chi connectivity index (χ1n) is 7.87. The zero-order valence-electron chi connectivity index (χ0n) is 13.8. The second-order valence-corrected chi connectivity index (χ2v) is 6.88. The highest BCUT2D eigenvalue weighted by Gasteiger charge is 2.42. The van der Waals surface area contributed by atoms with Gasteiger partial charge in [0.25, 0.3) is 5.91 Å². The summed E-state index contributed by atoms with van der Waals surface area (Å²) in [5.74, 6) is 0.629. The van der Waals surface area contributed by atoms with Crippen LogP contribution < -0.4 is 10.6 Å². The number of thiophene rings is 1. The monoisotopic (exact) mass is 347 g/mol. The molecule has 8 heteroatoms. The number of rotatable bonds is 4. The number of carbonyl (C=O) groups is 2. The molecular weight excluding hydrogens is 326 g/mol. The topological polar surface area (TPSA) is 79.3 Å². The molecule has 3 rings (SSSR count). The van der Waals surface area contributed by atoms with Crippen molar-refractivity contribution >= 4 is 29.0 Å². The Labute approximate surface area is 144 Å². The maximum Gasteiger partial charge on any atom is 0.263 e. The maximum absolute atomic E-state index is 12.5. The molecule has 2 aromatic heterocycles. The third kappa shape index (κ3) is 3.14. The van der Waals surface area contributed by atoms with Gasteiger partial charge in [0, 0.05) is 39.4 Å². The Morgan fingerprint density at radius 2 is 2.04 bits per heavy atom. The molecule has 128 valence electrons. The number of likely N-dealkylation sites (tertiary alicyclic amines) is 1. The average Bonchev–Trinajstić information content (AvgIpc) is 3.26. The second-order valence-electron chi connectivity index (χ2n) is 5.93. The normalized spacial score (nSPS) is 16.7. The minimum absolute atomic E-state index is 0.0355. The molecule has 24 heavy (non-hydrogen) atoms. The molecule has 7 nitrogen and oxygen atoms in total. The van der Waals surface area contributed by atoms with E-state index in [1.54, 1.807) is 11.7 Å². The lowest BCUT2D eigenvalue weighted by Crippen LogP contribution is -2.58. The van der Waals surface area contributed by atoms with E-state index in [-0.39, 0.29) is 11.8 Å². The number of anilines is 1. The van der Waals surface area contributed by atoms with E-state index >= 15 is 0 Å². The van der Waals surface area contributed by atoms with Gasteiger partial charge in [-0.25, -0.2) is 0 Å². The van der Waals surface area contributed by atoms with Crippen LogP contribution in [0, 0.1) is 0 Å². The Morgan fingerprint density at radius 3 is 2.58 bits per heavy atom. The summed E-state index contributed by atoms with van der Waals surface area (Å²) in [7, 11) is 3.47. The van der Waals surface area contributed by atoms with Crippen molar-refractivity contribution < 1.29 is 9.59 Å². The smallest absolute Gasteiger partial charge is 0.263 e. The highest BCUT2D eigenvalue weighted by molar-refractivity contribution is 7.12. The van der Waals surface area contributed by atoms with Gasteiger partial charge in [-0.15, -0.1) is 11.3 Å². The summed E-state index contributed by atoms with van der Waals surface area (Å²) in [5.41, 5.74) is -0.741. The quantitative estimate of drug-likeness (QED) is 0.874. The van der Waals surface area contributed by atoms with Crippen molar-refractivity contribution in [3.05, 3.63) is 34.7 Å². The molecule has 1 aliphatic heterocycles. The van der Waals surface area contributed by atoms with Gasteiger partial charge >= 0.3 is 0 Å². The number of hydrogen-bond donors (Lipinski definition) is 2. The van der Waals surface area contributed by atoms with E-state index in [1.165, 1.54) is 11.3 Å². The molecule has 0 aliphatic carbocycles. The standard InChI is InChI=1S/C16H21N5O2S/c1-17-15(23)16(18-13-5-8-20(2)19-13)6-9-21(10-7-16)14(22)12-4-3-11-24-12/h3-5,8,11H,6-7,9-10H2,1-2H3,(H,17,23)(H,18,19). The number of nitrogens with zero attached hydrogens (tertiary/aromatic N) is 3. The molecule has 0 unspecified atom stereocenters. The van der Waals surface area contributed by atoms with Crippen molar-refractivity contribution in [3.63, 3.8) is 0 Å². The lowest BCUT2D eigenvalue weighted by Gasteiger charge is -2.40. The van der Waals surface area contributed by atoms with Gasteiger partial charge in [-0.2, -0.15) is 5.10 Å². The van der Waals surface area contributed by atoms with Crippen LogP contribution in [0.3, 0.4) is 0 Å². The zero-order chi connectivity index (χ0) is 17.2. The molecule has 2 N–H and O–H groups in total. The Morgan fingerprint density at radius 1 is 1.29 bits per heavy atom. The fourth-order valence-electron chi connectivity index (χ4n) is 3.02. The van der Waals surface area contributed by atoms with Crippen LogP contribution in [0.15, 0.2) is 29.8 Å². The number of aryl methyl sites for hydroxylation is 1. The van der Waals surface area contributed by atoms with Crippen LogP contribution in [0.4, 0.5) is 5.82 Å². The Balaban J connectivity index is 1.73. The number of piperidine rings is 1. The summed E-state index contributed by atoms with van der Waals surface area (Å²) in [5, 5.41) is 12.2. The van der Waals surface area contributed by atoms with Gasteiger partial charge in [-0.05, 0) is 24.3 Å². The van der Waals surface area contributed by atoms with Crippen molar-refractivity contribution in [1.29, 1.82) is 0 Å². The molecule has 1 aliphatic rings. The molecule has 0 atom stereocenters. The first-order chi connectivity index (χ1) is 11.5. The van der Waals surface area contributed by atoms with Crippen LogP contribution in [0.2, 0.25) is 0 Å². The summed E-state index contributed by atoms with van der Waals surface area (Å²) in [6.07, 6.45) is 2.91. The average molecular weight is 347 g/mol. The van der Waals surface area contributed by atoms with Gasteiger partial charge in [0.1, 0.15) is 11.4 Å². The molecule has 2 aromatic rings. The van der Waals surface area contributed by atoms with Crippen LogP contribution in [-0.4, -0.2) is 52.2 Å². The summed E-state index contributed by atoms with van der Waals surface area (Å²) in [6.45, 7) is 1.06. The second kappa shape index (κ2) is 6.64. The Hall–Kier alpha value is -2.35. The predicted molar refractivity (Wildman–Crippen MR) is 93.1 cm³/mol. The van der Waals surface area contributed by atoms with E-state index in [4.69, 9.17) is 0 Å². The molecule has 2 amide bonds. The Kier molecular flexibility index (Phi) is 4.57. The molecule has 0 spiro atoms. The number of nitrogens with one attached hydrogen (secondary N) is 2. The Bertz CT molecular complexity index is 717. The van der Waals surface area contributed by atoms with Gasteiger partial charge in [-0.1, -0.05) is 6.07 Å². The van der Waals surface area contributed by atoms with E-state index in [0.717, 1.165) is 4.88 Å². The molecule has 3 heterocycles. The first kappa shape index (κ1) is 16.5. The predicted octanol–water partition coefficient (Wildman–Crippen LogP) is 1.31. The van der Waals surface area contributed by atoms with E-state index in [2.05, 4.69) is 15.7 Å². The first-order valence-corrected chi connectivity index (χ1v) is 8.75. The number of aromatic nitrogens is 2. The zero-order valence-corrected chi connectivity index (χ0v) is 14.6. The lowest BCUT2D eigenvalue weighted by atomic mass is 9.86. The largest absolute Gasteiger partial charge is 0.357 e. The highest BCUT2D eigenvalue weighted by Crippen LogP contribution is 2.28. The highest BCUT2D eigenvalue weighted by atomic mass is 32.1. The number of likely N-dealkylation sites (N-methyl/N-ethyl adjacent to an activating group) is 1. The maximum atomic E-state index is 12.5. The van der Waals surface area contributed by atoms with Crippen molar-refractivity contribution in [2.24, 2.45) is 7.05 Å². The molecule has 1 saturated heterocycles. The van der Waals surface area contributed by atoms with Gasteiger partial charge in [0.2, 0.25) is 5.91 Å². The summed E-state index contributed by atoms with van der Waals surface area (Å²) < 4.78 is 1.69. The SMILES string of the molecule is CNC(=O)C1(Nc2ccn(C)n2)CCN(C(=O)c2cccs2)CC1. The minimum atomic E-state index is -0.741. The van der Waals surface area contributed by atoms with E-state index < -0.39 is 5.54 Å². The molecule has 0 radical (unpaired) electrons. The van der Waals surface area contributed by atoms with Crippen LogP contribution in [-0.2, 0) is 11.8 Å². The van der Waals surface area contributed by atoms with Crippen molar-refractivity contribution in [2.45, 2.75) is 18.4 Å². The summed E-state index contributed by atoms with van der Waals surface area (Å²) in [4.78, 5) is 27.5. The summed E-state index contributed by atoms with van der Waals surface area (Å²) in [6, 6.07) is 5.55. The van der Waals surface area contributed by atoms with Gasteiger partial charge in [-0.3, -0.25) is 14.3 Å². The van der Waals surface area contributed by atoms with Gasteiger partial charge < -0.3 is 15.5 Å². The summed E-state index contributed by atoms with van der Waals surface area (Å²) >= 11 is 1.44. The number of carbonyl (C=O) groups excluding carboxylic acids is 2. The number of amides is 2. The van der Waals surface area contributed by atoms with Gasteiger partial charge in [0.05, 0.1) is 4.88 Å². The van der Waals surface area contributed by atoms with Crippen LogP contribution >= 0.6 is 11.3 Å². The van der Waals surface area contributed by atoms with Crippen molar-refractivity contribution in [2.75, 3.05) is 25.5 Å². The minimum Gasteiger partial charge on any atom is -0.357 e. The molecular formula is C16H21N5O2S.